The molecule has 0 saturated heterocycles. The van der Waals surface area contributed by atoms with Crippen molar-refractivity contribution in [2.75, 3.05) is 30.8 Å². The van der Waals surface area contributed by atoms with Gasteiger partial charge in [-0.25, -0.2) is 8.42 Å². The quantitative estimate of drug-likeness (QED) is 0.452. The fourth-order valence-corrected chi connectivity index (χ4v) is 4.53. The fourth-order valence-electron chi connectivity index (χ4n) is 3.56. The molecule has 0 heterocycles. The van der Waals surface area contributed by atoms with Crippen LogP contribution in [0.15, 0.2) is 54.6 Å². The second-order valence-corrected chi connectivity index (χ2v) is 10.9. The van der Waals surface area contributed by atoms with Gasteiger partial charge in [0.1, 0.15) is 11.8 Å². The van der Waals surface area contributed by atoms with Gasteiger partial charge in [0, 0.05) is 26.1 Å². The van der Waals surface area contributed by atoms with Crippen LogP contribution in [0, 0.1) is 5.92 Å². The lowest BCUT2D eigenvalue weighted by Crippen LogP contribution is -2.48. The van der Waals surface area contributed by atoms with E-state index >= 15 is 0 Å². The number of nitrogens with one attached hydrogen (secondary N) is 1. The van der Waals surface area contributed by atoms with Crippen LogP contribution < -0.4 is 14.4 Å². The molecule has 0 saturated carbocycles. The third-order valence-corrected chi connectivity index (χ3v) is 6.75. The molecule has 2 rings (SSSR count). The van der Waals surface area contributed by atoms with Crippen LogP contribution in [0.1, 0.15) is 39.2 Å². The number of para-hydroxylation sites is 1. The number of sulfonamides is 1. The minimum absolute atomic E-state index is 0.108. The maximum absolute atomic E-state index is 13.3. The van der Waals surface area contributed by atoms with Gasteiger partial charge in [0.25, 0.3) is 0 Å². The molecule has 0 aliphatic rings. The Balaban J connectivity index is 2.14. The summed E-state index contributed by atoms with van der Waals surface area (Å²) in [4.78, 5) is 27.6. The summed E-state index contributed by atoms with van der Waals surface area (Å²) in [5.74, 6) is 0.560. The summed E-state index contributed by atoms with van der Waals surface area (Å²) < 4.78 is 31.2. The van der Waals surface area contributed by atoms with E-state index in [4.69, 9.17) is 4.74 Å². The predicted octanol–water partition coefficient (Wildman–Crippen LogP) is 3.43. The number of ether oxygens (including phenoxy) is 1. The van der Waals surface area contributed by atoms with Crippen LogP contribution in [-0.4, -0.2) is 57.6 Å². The topological polar surface area (TPSA) is 96.0 Å². The Labute approximate surface area is 209 Å². The zero-order valence-corrected chi connectivity index (χ0v) is 22.0. The summed E-state index contributed by atoms with van der Waals surface area (Å²) in [6.07, 6.45) is 1.58. The Kier molecular flexibility index (Phi) is 10.6. The number of carbonyl (C=O) groups excluding carboxylic acids is 2. The van der Waals surface area contributed by atoms with Crippen LogP contribution in [0.5, 0.6) is 5.75 Å². The number of benzene rings is 2. The second kappa shape index (κ2) is 13.1. The largest absolute Gasteiger partial charge is 0.497 e. The van der Waals surface area contributed by atoms with Crippen LogP contribution >= 0.6 is 0 Å². The molecule has 0 aromatic heterocycles. The molecule has 0 fully saturated rings. The summed E-state index contributed by atoms with van der Waals surface area (Å²) >= 11 is 0. The molecular formula is C26H37N3O5S. The van der Waals surface area contributed by atoms with E-state index in [9.17, 15) is 18.0 Å². The lowest BCUT2D eigenvalue weighted by atomic mass is 10.1. The predicted molar refractivity (Wildman–Crippen MR) is 139 cm³/mol. The zero-order chi connectivity index (χ0) is 26.0. The zero-order valence-electron chi connectivity index (χ0n) is 21.2. The lowest BCUT2D eigenvalue weighted by molar-refractivity contribution is -0.140. The van der Waals surface area contributed by atoms with Crippen molar-refractivity contribution in [3.63, 3.8) is 0 Å². The maximum Gasteiger partial charge on any atom is 0.242 e. The molecule has 0 unspecified atom stereocenters. The van der Waals surface area contributed by atoms with Gasteiger partial charge in [0.15, 0.2) is 0 Å². The molecule has 35 heavy (non-hydrogen) atoms. The summed E-state index contributed by atoms with van der Waals surface area (Å²) in [5.41, 5.74) is 1.42. The Morgan fingerprint density at radius 2 is 1.63 bits per heavy atom. The van der Waals surface area contributed by atoms with Crippen molar-refractivity contribution in [3.8, 4) is 5.75 Å². The molecule has 192 valence electrons. The van der Waals surface area contributed by atoms with Gasteiger partial charge in [0.2, 0.25) is 21.8 Å². The first-order chi connectivity index (χ1) is 16.5. The van der Waals surface area contributed by atoms with Crippen LogP contribution in [0.25, 0.3) is 0 Å². The molecule has 0 spiro atoms. The standard InChI is InChI=1S/C26H37N3O5S/c1-20(2)18-27-26(31)21(3)28(19-22-13-15-24(34-4)16-14-22)25(30)12-9-17-29(35(5,32)33)23-10-7-6-8-11-23/h6-8,10-11,13-16,20-21H,9,12,17-19H2,1-5H3,(H,27,31)/t21-/m0/s1. The molecule has 0 radical (unpaired) electrons. The summed E-state index contributed by atoms with van der Waals surface area (Å²) in [6.45, 7) is 6.67. The maximum atomic E-state index is 13.3. The highest BCUT2D eigenvalue weighted by atomic mass is 32.2. The fraction of sp³-hybridized carbons (Fsp3) is 0.462. The molecule has 0 aliphatic carbocycles. The third-order valence-electron chi connectivity index (χ3n) is 5.56. The summed E-state index contributed by atoms with van der Waals surface area (Å²) in [5, 5.41) is 2.90. The Bertz CT molecular complexity index is 1060. The van der Waals surface area contributed by atoms with E-state index in [1.165, 1.54) is 4.31 Å². The van der Waals surface area contributed by atoms with Gasteiger partial charge in [-0.05, 0) is 49.1 Å². The van der Waals surface area contributed by atoms with Crippen LogP contribution in [0.3, 0.4) is 0 Å². The van der Waals surface area contributed by atoms with Gasteiger partial charge in [-0.3, -0.25) is 13.9 Å². The van der Waals surface area contributed by atoms with Gasteiger partial charge in [0.05, 0.1) is 19.1 Å². The van der Waals surface area contributed by atoms with Gasteiger partial charge < -0.3 is 15.0 Å². The van der Waals surface area contributed by atoms with Crippen LogP contribution in [-0.2, 0) is 26.2 Å². The van der Waals surface area contributed by atoms with Gasteiger partial charge in [-0.15, -0.1) is 0 Å². The molecule has 0 aliphatic heterocycles. The van der Waals surface area contributed by atoms with Crippen molar-refractivity contribution in [2.45, 2.75) is 46.2 Å². The van der Waals surface area contributed by atoms with Gasteiger partial charge >= 0.3 is 0 Å². The van der Waals surface area contributed by atoms with E-state index in [1.54, 1.807) is 43.2 Å². The number of hydrogen-bond acceptors (Lipinski definition) is 5. The van der Waals surface area contributed by atoms with E-state index in [2.05, 4.69) is 5.32 Å². The first-order valence-electron chi connectivity index (χ1n) is 11.8. The van der Waals surface area contributed by atoms with E-state index in [0.29, 0.717) is 24.4 Å². The molecule has 0 bridgehead atoms. The minimum atomic E-state index is -3.50. The van der Waals surface area contributed by atoms with Crippen molar-refractivity contribution >= 4 is 27.5 Å². The van der Waals surface area contributed by atoms with E-state index in [0.717, 1.165) is 11.8 Å². The summed E-state index contributed by atoms with van der Waals surface area (Å²) in [7, 11) is -1.92. The third kappa shape index (κ3) is 8.90. The average molecular weight is 504 g/mol. The van der Waals surface area contributed by atoms with E-state index in [-0.39, 0.29) is 37.2 Å². The number of nitrogens with zero attached hydrogens (tertiary/aromatic N) is 2. The number of anilines is 1. The highest BCUT2D eigenvalue weighted by molar-refractivity contribution is 7.92. The lowest BCUT2D eigenvalue weighted by Gasteiger charge is -2.29. The Hall–Kier alpha value is -3.07. The number of hydrogen-bond donors (Lipinski definition) is 1. The first kappa shape index (κ1) is 28.2. The molecule has 1 atom stereocenters. The Morgan fingerprint density at radius 3 is 2.17 bits per heavy atom. The Morgan fingerprint density at radius 1 is 1.00 bits per heavy atom. The van der Waals surface area contributed by atoms with E-state index < -0.39 is 16.1 Å². The average Bonchev–Trinajstić information content (AvgIpc) is 2.83. The highest BCUT2D eigenvalue weighted by Gasteiger charge is 2.26. The van der Waals surface area contributed by atoms with Crippen molar-refractivity contribution in [1.82, 2.24) is 10.2 Å². The number of carbonyl (C=O) groups is 2. The molecule has 2 amide bonds. The minimum Gasteiger partial charge on any atom is -0.497 e. The number of rotatable bonds is 13. The smallest absolute Gasteiger partial charge is 0.242 e. The normalized spacial score (nSPS) is 12.2. The molecule has 9 heteroatoms. The number of amides is 2. The van der Waals surface area contributed by atoms with Crippen molar-refractivity contribution in [1.29, 1.82) is 0 Å². The van der Waals surface area contributed by atoms with E-state index in [1.807, 2.05) is 44.2 Å². The molecule has 2 aromatic rings. The van der Waals surface area contributed by atoms with Crippen LogP contribution in [0.2, 0.25) is 0 Å². The number of methoxy groups -OCH3 is 1. The van der Waals surface area contributed by atoms with Crippen molar-refractivity contribution < 1.29 is 22.7 Å². The monoisotopic (exact) mass is 503 g/mol. The van der Waals surface area contributed by atoms with Gasteiger partial charge in [-0.1, -0.05) is 44.2 Å². The second-order valence-electron chi connectivity index (χ2n) is 8.96. The summed E-state index contributed by atoms with van der Waals surface area (Å²) in [6, 6.07) is 15.5. The SMILES string of the molecule is COc1ccc(CN(C(=O)CCCN(c2ccccc2)S(C)(=O)=O)[C@@H](C)C(=O)NCC(C)C)cc1. The molecule has 2 aromatic carbocycles. The van der Waals surface area contributed by atoms with Crippen LogP contribution in [0.4, 0.5) is 5.69 Å². The molecule has 8 nitrogen and oxygen atoms in total. The first-order valence-corrected chi connectivity index (χ1v) is 13.6. The van der Waals surface area contributed by atoms with Gasteiger partial charge in [-0.2, -0.15) is 0 Å². The van der Waals surface area contributed by atoms with Crippen molar-refractivity contribution in [3.05, 3.63) is 60.2 Å². The highest BCUT2D eigenvalue weighted by Crippen LogP contribution is 2.19. The molecular weight excluding hydrogens is 466 g/mol. The molecule has 1 N–H and O–H groups in total. The van der Waals surface area contributed by atoms with Crippen molar-refractivity contribution in [2.24, 2.45) is 5.92 Å².